The van der Waals surface area contributed by atoms with Crippen LogP contribution in [0.3, 0.4) is 0 Å². The molecule has 7 heteroatoms. The lowest BCUT2D eigenvalue weighted by Gasteiger charge is -2.10. The van der Waals surface area contributed by atoms with E-state index in [1.807, 2.05) is 4.57 Å². The Balaban J connectivity index is 1.63. The summed E-state index contributed by atoms with van der Waals surface area (Å²) < 4.78 is 28.1. The number of halogens is 2. The number of ketones is 1. The third-order valence-corrected chi connectivity index (χ3v) is 4.81. The molecular formula is C15H15F2N3OS. The van der Waals surface area contributed by atoms with Crippen molar-refractivity contribution < 1.29 is 13.6 Å². The maximum absolute atomic E-state index is 13.2. The Kier molecular flexibility index (Phi) is 4.24. The summed E-state index contributed by atoms with van der Waals surface area (Å²) in [5.74, 6) is -1.96. The second kappa shape index (κ2) is 6.16. The molecule has 4 nitrogen and oxygen atoms in total. The molecule has 1 aromatic carbocycles. The van der Waals surface area contributed by atoms with E-state index in [9.17, 15) is 13.6 Å². The van der Waals surface area contributed by atoms with Gasteiger partial charge in [-0.05, 0) is 31.0 Å². The SMILES string of the molecule is C[C@@H](CSc1nncn1C1CC1)C(=O)c1ccc(F)c(F)c1. The molecule has 0 saturated heterocycles. The summed E-state index contributed by atoms with van der Waals surface area (Å²) in [5.41, 5.74) is 0.190. The van der Waals surface area contributed by atoms with E-state index in [1.54, 1.807) is 13.3 Å². The van der Waals surface area contributed by atoms with E-state index in [-0.39, 0.29) is 17.3 Å². The normalized spacial score (nSPS) is 15.8. The maximum atomic E-state index is 13.2. The number of rotatable bonds is 6. The van der Waals surface area contributed by atoms with Gasteiger partial charge < -0.3 is 4.57 Å². The minimum absolute atomic E-state index is 0.190. The van der Waals surface area contributed by atoms with Crippen molar-refractivity contribution in [1.29, 1.82) is 0 Å². The van der Waals surface area contributed by atoms with Gasteiger partial charge >= 0.3 is 0 Å². The molecular weight excluding hydrogens is 308 g/mol. The molecule has 1 heterocycles. The highest BCUT2D eigenvalue weighted by Gasteiger charge is 2.27. The summed E-state index contributed by atoms with van der Waals surface area (Å²) in [7, 11) is 0. The van der Waals surface area contributed by atoms with Gasteiger partial charge in [0, 0.05) is 23.3 Å². The summed E-state index contributed by atoms with van der Waals surface area (Å²) in [6, 6.07) is 3.72. The molecule has 22 heavy (non-hydrogen) atoms. The number of nitrogens with zero attached hydrogens (tertiary/aromatic N) is 3. The predicted molar refractivity (Wildman–Crippen MR) is 78.9 cm³/mol. The van der Waals surface area contributed by atoms with Gasteiger partial charge in [-0.3, -0.25) is 4.79 Å². The van der Waals surface area contributed by atoms with Crippen molar-refractivity contribution in [1.82, 2.24) is 14.8 Å². The van der Waals surface area contributed by atoms with Gasteiger partial charge in [0.1, 0.15) is 6.33 Å². The van der Waals surface area contributed by atoms with Crippen molar-refractivity contribution in [2.24, 2.45) is 5.92 Å². The predicted octanol–water partition coefficient (Wildman–Crippen LogP) is 3.50. The minimum Gasteiger partial charge on any atom is -0.306 e. The van der Waals surface area contributed by atoms with Gasteiger partial charge in [0.25, 0.3) is 0 Å². The largest absolute Gasteiger partial charge is 0.306 e. The van der Waals surface area contributed by atoms with E-state index < -0.39 is 11.6 Å². The summed E-state index contributed by atoms with van der Waals surface area (Å²) in [5, 5.41) is 8.76. The van der Waals surface area contributed by atoms with Crippen LogP contribution in [0.1, 0.15) is 36.2 Å². The van der Waals surface area contributed by atoms with E-state index in [0.29, 0.717) is 11.8 Å². The van der Waals surface area contributed by atoms with Gasteiger partial charge in [-0.25, -0.2) is 8.78 Å². The summed E-state index contributed by atoms with van der Waals surface area (Å²) >= 11 is 1.46. The van der Waals surface area contributed by atoms with Gasteiger partial charge in [0.15, 0.2) is 22.6 Å². The monoisotopic (exact) mass is 323 g/mol. The average Bonchev–Trinajstić information content (AvgIpc) is 3.25. The van der Waals surface area contributed by atoms with Gasteiger partial charge in [0.2, 0.25) is 0 Å². The summed E-state index contributed by atoms with van der Waals surface area (Å²) in [6.45, 7) is 1.77. The molecule has 1 atom stereocenters. The van der Waals surface area contributed by atoms with Gasteiger partial charge in [-0.2, -0.15) is 0 Å². The zero-order valence-corrected chi connectivity index (χ0v) is 12.8. The molecule has 3 rings (SSSR count). The van der Waals surface area contributed by atoms with Crippen LogP contribution in [0, 0.1) is 17.6 Å². The Bertz CT molecular complexity index is 700. The van der Waals surface area contributed by atoms with Crippen molar-refractivity contribution in [3.05, 3.63) is 41.7 Å². The number of thioether (sulfide) groups is 1. The first-order chi connectivity index (χ1) is 10.6. The van der Waals surface area contributed by atoms with Crippen LogP contribution in [0.5, 0.6) is 0 Å². The van der Waals surface area contributed by atoms with Gasteiger partial charge in [-0.1, -0.05) is 18.7 Å². The first kappa shape index (κ1) is 15.1. The zero-order valence-electron chi connectivity index (χ0n) is 12.0. The zero-order chi connectivity index (χ0) is 15.7. The van der Waals surface area contributed by atoms with Crippen molar-refractivity contribution in [2.45, 2.75) is 31.0 Å². The average molecular weight is 323 g/mol. The number of aromatic nitrogens is 3. The highest BCUT2D eigenvalue weighted by Crippen LogP contribution is 2.37. The minimum atomic E-state index is -1.00. The molecule has 0 amide bonds. The summed E-state index contributed by atoms with van der Waals surface area (Å²) in [6.07, 6.45) is 3.98. The fourth-order valence-corrected chi connectivity index (χ4v) is 3.15. The molecule has 116 valence electrons. The first-order valence-corrected chi connectivity index (χ1v) is 8.06. The van der Waals surface area contributed by atoms with Crippen LogP contribution in [-0.4, -0.2) is 26.3 Å². The number of Topliss-reactive ketones (excluding diaryl/α,β-unsaturated/α-hetero) is 1. The maximum Gasteiger partial charge on any atom is 0.191 e. The third-order valence-electron chi connectivity index (χ3n) is 3.59. The van der Waals surface area contributed by atoms with E-state index in [2.05, 4.69) is 10.2 Å². The molecule has 1 aliphatic rings. The number of carbonyl (C=O) groups excluding carboxylic acids is 1. The molecule has 1 aliphatic carbocycles. The van der Waals surface area contributed by atoms with Crippen LogP contribution in [0.4, 0.5) is 8.78 Å². The fourth-order valence-electron chi connectivity index (χ4n) is 2.15. The Morgan fingerprint density at radius 2 is 2.18 bits per heavy atom. The Morgan fingerprint density at radius 1 is 1.41 bits per heavy atom. The van der Waals surface area contributed by atoms with Crippen molar-refractivity contribution in [3.63, 3.8) is 0 Å². The van der Waals surface area contributed by atoms with Crippen molar-refractivity contribution >= 4 is 17.5 Å². The summed E-state index contributed by atoms with van der Waals surface area (Å²) in [4.78, 5) is 12.3. The number of hydrogen-bond acceptors (Lipinski definition) is 4. The Hall–Kier alpha value is -1.76. The van der Waals surface area contributed by atoms with E-state index in [0.717, 1.165) is 30.1 Å². The molecule has 0 aliphatic heterocycles. The highest BCUT2D eigenvalue weighted by atomic mass is 32.2. The smallest absolute Gasteiger partial charge is 0.191 e. The van der Waals surface area contributed by atoms with Crippen LogP contribution >= 0.6 is 11.8 Å². The molecule has 0 N–H and O–H groups in total. The topological polar surface area (TPSA) is 47.8 Å². The number of benzene rings is 1. The fraction of sp³-hybridized carbons (Fsp3) is 0.400. The molecule has 1 aromatic heterocycles. The lowest BCUT2D eigenvalue weighted by Crippen LogP contribution is -2.14. The molecule has 0 spiro atoms. The lowest BCUT2D eigenvalue weighted by molar-refractivity contribution is 0.0941. The Morgan fingerprint density at radius 3 is 2.86 bits per heavy atom. The van der Waals surface area contributed by atoms with Crippen LogP contribution in [0.2, 0.25) is 0 Å². The number of hydrogen-bond donors (Lipinski definition) is 0. The Labute approximate surface area is 130 Å². The van der Waals surface area contributed by atoms with Crippen LogP contribution < -0.4 is 0 Å². The van der Waals surface area contributed by atoms with Crippen LogP contribution in [0.15, 0.2) is 29.7 Å². The highest BCUT2D eigenvalue weighted by molar-refractivity contribution is 7.99. The molecule has 0 radical (unpaired) electrons. The van der Waals surface area contributed by atoms with E-state index in [1.165, 1.54) is 17.8 Å². The van der Waals surface area contributed by atoms with Gasteiger partial charge in [-0.15, -0.1) is 10.2 Å². The molecule has 1 saturated carbocycles. The molecule has 0 unspecified atom stereocenters. The van der Waals surface area contributed by atoms with Crippen LogP contribution in [0.25, 0.3) is 0 Å². The lowest BCUT2D eigenvalue weighted by atomic mass is 10.0. The standard InChI is InChI=1S/C15H15F2N3OS/c1-9(14(21)10-2-5-12(16)13(17)6-10)7-22-15-19-18-8-20(15)11-3-4-11/h2,5-6,8-9,11H,3-4,7H2,1H3/t9-/m0/s1. The van der Waals surface area contributed by atoms with E-state index in [4.69, 9.17) is 0 Å². The molecule has 2 aromatic rings. The van der Waals surface area contributed by atoms with E-state index >= 15 is 0 Å². The quantitative estimate of drug-likeness (QED) is 0.603. The number of carbonyl (C=O) groups is 1. The van der Waals surface area contributed by atoms with Crippen molar-refractivity contribution in [3.8, 4) is 0 Å². The van der Waals surface area contributed by atoms with Gasteiger partial charge in [0.05, 0.1) is 0 Å². The molecule has 0 bridgehead atoms. The second-order valence-electron chi connectivity index (χ2n) is 5.46. The first-order valence-electron chi connectivity index (χ1n) is 7.08. The van der Waals surface area contributed by atoms with Crippen LogP contribution in [-0.2, 0) is 0 Å². The third kappa shape index (κ3) is 3.19. The van der Waals surface area contributed by atoms with Crippen molar-refractivity contribution in [2.75, 3.05) is 5.75 Å². The molecule has 1 fully saturated rings. The second-order valence-corrected chi connectivity index (χ2v) is 6.44.